The minimum absolute atomic E-state index is 0.0473. The maximum Gasteiger partial charge on any atom is 0.0544 e. The molecule has 0 radical (unpaired) electrons. The molecule has 0 unspecified atom stereocenters. The number of hydrogen-bond donors (Lipinski definition) is 0. The molecule has 204 valence electrons. The third-order valence-corrected chi connectivity index (χ3v) is 11.4. The molecule has 2 heterocycles. The van der Waals surface area contributed by atoms with Crippen LogP contribution in [0.3, 0.4) is 0 Å². The monoisotopic (exact) mass is 623 g/mol. The highest BCUT2D eigenvalue weighted by molar-refractivity contribution is 9.10. The molecule has 7 aromatic rings. The second kappa shape index (κ2) is 9.29. The van der Waals surface area contributed by atoms with Crippen molar-refractivity contribution in [2.24, 2.45) is 0 Å². The summed E-state index contributed by atoms with van der Waals surface area (Å²) in [6.07, 6.45) is 6.57. The van der Waals surface area contributed by atoms with Gasteiger partial charge in [0.05, 0.1) is 11.0 Å². The number of aromatic nitrogens is 1. The number of halogens is 1. The fourth-order valence-electron chi connectivity index (χ4n) is 7.14. The van der Waals surface area contributed by atoms with Gasteiger partial charge in [-0.25, -0.2) is 0 Å². The van der Waals surface area contributed by atoms with Crippen LogP contribution in [0.2, 0.25) is 0 Å². The molecule has 0 atom stereocenters. The first-order valence-electron chi connectivity index (χ1n) is 14.5. The Labute approximate surface area is 258 Å². The van der Waals surface area contributed by atoms with E-state index >= 15 is 0 Å². The van der Waals surface area contributed by atoms with Crippen molar-refractivity contribution >= 4 is 74.9 Å². The summed E-state index contributed by atoms with van der Waals surface area (Å²) >= 11 is 5.67. The first-order valence-corrected chi connectivity index (χ1v) is 16.2. The number of nitrogens with zero attached hydrogens (tertiary/aromatic N) is 1. The Morgan fingerprint density at radius 1 is 0.690 bits per heavy atom. The first-order chi connectivity index (χ1) is 20.4. The van der Waals surface area contributed by atoms with Crippen LogP contribution in [-0.2, 0) is 5.41 Å². The van der Waals surface area contributed by atoms with E-state index in [1.807, 2.05) is 11.3 Å². The molecule has 0 N–H and O–H groups in total. The van der Waals surface area contributed by atoms with Gasteiger partial charge in [-0.2, -0.15) is 0 Å². The predicted molar refractivity (Wildman–Crippen MR) is 188 cm³/mol. The Morgan fingerprint density at radius 2 is 1.43 bits per heavy atom. The van der Waals surface area contributed by atoms with Crippen LogP contribution >= 0.6 is 27.3 Å². The Balaban J connectivity index is 1.46. The lowest BCUT2D eigenvalue weighted by Crippen LogP contribution is -2.15. The summed E-state index contributed by atoms with van der Waals surface area (Å²) in [6.45, 7) is 8.95. The van der Waals surface area contributed by atoms with Crippen molar-refractivity contribution in [3.05, 3.63) is 125 Å². The van der Waals surface area contributed by atoms with Gasteiger partial charge in [0.1, 0.15) is 0 Å². The average molecular weight is 625 g/mol. The Morgan fingerprint density at radius 3 is 2.24 bits per heavy atom. The van der Waals surface area contributed by atoms with Crippen LogP contribution in [0.25, 0.3) is 69.9 Å². The topological polar surface area (TPSA) is 4.93 Å². The summed E-state index contributed by atoms with van der Waals surface area (Å²) in [6, 6.07) is 34.1. The fourth-order valence-corrected chi connectivity index (χ4v) is 8.99. The van der Waals surface area contributed by atoms with Crippen molar-refractivity contribution in [2.45, 2.75) is 33.1 Å². The van der Waals surface area contributed by atoms with Crippen LogP contribution in [0.1, 0.15) is 38.8 Å². The fraction of sp³-hybridized carbons (Fsp3) is 0.128. The summed E-state index contributed by atoms with van der Waals surface area (Å²) in [5.74, 6) is 0. The number of allylic oxidation sites excluding steroid dienone is 4. The molecule has 0 bridgehead atoms. The Kier molecular flexibility index (Phi) is 5.70. The number of thiophene rings is 1. The number of fused-ring (bicyclic) bond motifs is 9. The molecule has 0 amide bonds. The van der Waals surface area contributed by atoms with E-state index in [1.165, 1.54) is 81.1 Å². The van der Waals surface area contributed by atoms with Gasteiger partial charge in [-0.1, -0.05) is 86.7 Å². The molecule has 0 aliphatic heterocycles. The van der Waals surface area contributed by atoms with Gasteiger partial charge in [0.2, 0.25) is 0 Å². The maximum atomic E-state index is 3.79. The highest BCUT2D eigenvalue weighted by Gasteiger charge is 2.36. The highest BCUT2D eigenvalue weighted by atomic mass is 79.9. The zero-order valence-electron chi connectivity index (χ0n) is 24.1. The summed E-state index contributed by atoms with van der Waals surface area (Å²) in [5.41, 5.74) is 11.7. The van der Waals surface area contributed by atoms with Crippen molar-refractivity contribution in [3.63, 3.8) is 0 Å². The van der Waals surface area contributed by atoms with E-state index in [0.717, 1.165) is 4.47 Å². The van der Waals surface area contributed by atoms with Gasteiger partial charge in [0.15, 0.2) is 0 Å². The molecule has 42 heavy (non-hydrogen) atoms. The van der Waals surface area contributed by atoms with E-state index < -0.39 is 0 Å². The van der Waals surface area contributed by atoms with Crippen molar-refractivity contribution in [3.8, 4) is 22.3 Å². The molecule has 1 nitrogen and oxygen atoms in total. The molecule has 8 rings (SSSR count). The lowest BCUT2D eigenvalue weighted by Gasteiger charge is -2.21. The second-order valence-electron chi connectivity index (χ2n) is 11.8. The molecule has 5 aromatic carbocycles. The smallest absolute Gasteiger partial charge is 0.0544 e. The molecule has 0 spiro atoms. The van der Waals surface area contributed by atoms with Crippen LogP contribution in [0.4, 0.5) is 0 Å². The molecule has 1 aliphatic carbocycles. The SMILES string of the molecule is C/C=C\C(=C/C)n1c2ccc(-c3cccc4c3sc3c(Br)cccc34)cc2c2cc3c(cc21)C(C)(C)c1ccccc1-3. The molecule has 3 heteroatoms. The van der Waals surface area contributed by atoms with Gasteiger partial charge in [0, 0.05) is 46.5 Å². The van der Waals surface area contributed by atoms with Crippen LogP contribution in [0, 0.1) is 0 Å². The number of hydrogen-bond acceptors (Lipinski definition) is 1. The summed E-state index contributed by atoms with van der Waals surface area (Å²) in [5, 5.41) is 5.21. The molecule has 0 saturated heterocycles. The van der Waals surface area contributed by atoms with E-state index in [0.29, 0.717) is 0 Å². The van der Waals surface area contributed by atoms with Crippen LogP contribution in [0.15, 0.2) is 114 Å². The lowest BCUT2D eigenvalue weighted by molar-refractivity contribution is 0.661. The molecular formula is C39H30BrNS. The third kappa shape index (κ3) is 3.47. The summed E-state index contributed by atoms with van der Waals surface area (Å²) < 4.78 is 6.25. The quantitative estimate of drug-likeness (QED) is 0.172. The second-order valence-corrected chi connectivity index (χ2v) is 13.6. The van der Waals surface area contributed by atoms with Crippen LogP contribution < -0.4 is 0 Å². The van der Waals surface area contributed by atoms with Crippen molar-refractivity contribution < 1.29 is 0 Å². The molecule has 2 aromatic heterocycles. The van der Waals surface area contributed by atoms with E-state index in [2.05, 4.69) is 157 Å². The van der Waals surface area contributed by atoms with Gasteiger partial charge in [-0.3, -0.25) is 0 Å². The predicted octanol–water partition coefficient (Wildman–Crippen LogP) is 12.3. The van der Waals surface area contributed by atoms with Crippen molar-refractivity contribution in [1.82, 2.24) is 4.57 Å². The number of rotatable bonds is 3. The zero-order valence-corrected chi connectivity index (χ0v) is 26.5. The zero-order chi connectivity index (χ0) is 28.7. The van der Waals surface area contributed by atoms with E-state index in [-0.39, 0.29) is 5.41 Å². The minimum Gasteiger partial charge on any atom is -0.310 e. The molecule has 1 aliphatic rings. The van der Waals surface area contributed by atoms with Crippen molar-refractivity contribution in [1.29, 1.82) is 0 Å². The van der Waals surface area contributed by atoms with E-state index in [4.69, 9.17) is 0 Å². The van der Waals surface area contributed by atoms with Crippen LogP contribution in [-0.4, -0.2) is 4.57 Å². The molecule has 0 saturated carbocycles. The molecule has 0 fully saturated rings. The summed E-state index contributed by atoms with van der Waals surface area (Å²) in [4.78, 5) is 0. The van der Waals surface area contributed by atoms with Gasteiger partial charge in [-0.15, -0.1) is 11.3 Å². The van der Waals surface area contributed by atoms with Gasteiger partial charge in [-0.05, 0) is 99.6 Å². The highest BCUT2D eigenvalue weighted by Crippen LogP contribution is 2.51. The van der Waals surface area contributed by atoms with E-state index in [9.17, 15) is 0 Å². The van der Waals surface area contributed by atoms with Gasteiger partial charge < -0.3 is 4.57 Å². The van der Waals surface area contributed by atoms with Crippen LogP contribution in [0.5, 0.6) is 0 Å². The minimum atomic E-state index is -0.0473. The molecular weight excluding hydrogens is 594 g/mol. The Hall–Kier alpha value is -3.92. The average Bonchev–Trinajstić information content (AvgIpc) is 3.62. The van der Waals surface area contributed by atoms with Crippen molar-refractivity contribution in [2.75, 3.05) is 0 Å². The first kappa shape index (κ1) is 25.8. The van der Waals surface area contributed by atoms with E-state index in [1.54, 1.807) is 0 Å². The standard InChI is InChI=1S/C39H30BrNS/c1-5-11-24(6-2)41-35-19-18-23(25-13-9-14-27-28-15-10-17-34(40)38(28)42-37(25)27)20-30(35)31-21-29-26-12-7-8-16-32(26)39(3,4)33(29)22-36(31)41/h5-22H,1-4H3/b11-5-,24-6+. The Bertz CT molecular complexity index is 2310. The normalized spacial score (nSPS) is 14.5. The van der Waals surface area contributed by atoms with Gasteiger partial charge >= 0.3 is 0 Å². The van der Waals surface area contributed by atoms with Gasteiger partial charge in [0.25, 0.3) is 0 Å². The largest absolute Gasteiger partial charge is 0.310 e. The third-order valence-electron chi connectivity index (χ3n) is 9.15. The number of benzene rings is 5. The lowest BCUT2D eigenvalue weighted by atomic mass is 9.82. The maximum absolute atomic E-state index is 3.79. The summed E-state index contributed by atoms with van der Waals surface area (Å²) in [7, 11) is 0.